The number of nitrogen functional groups attached to an aromatic ring is 2. The zero-order valence-electron chi connectivity index (χ0n) is 10.8. The largest absolute Gasteiger partial charge is 0.493 e. The van der Waals surface area contributed by atoms with E-state index in [1.807, 2.05) is 0 Å². The van der Waals surface area contributed by atoms with Gasteiger partial charge in [0.25, 0.3) is 0 Å². The lowest BCUT2D eigenvalue weighted by molar-refractivity contribution is 0.357. The topological polar surface area (TPSA) is 79.7 Å². The summed E-state index contributed by atoms with van der Waals surface area (Å²) in [6.45, 7) is 0. The normalized spacial score (nSPS) is 10.0. The Hall–Kier alpha value is -2.56. The molecule has 0 saturated carbocycles. The van der Waals surface area contributed by atoms with E-state index >= 15 is 0 Å². The number of hydrogen-bond acceptors (Lipinski definition) is 5. The van der Waals surface area contributed by atoms with Gasteiger partial charge in [-0.25, -0.2) is 0 Å². The van der Waals surface area contributed by atoms with Gasteiger partial charge in [-0.15, -0.1) is 0 Å². The highest BCUT2D eigenvalue weighted by Crippen LogP contribution is 2.37. The van der Waals surface area contributed by atoms with Crippen LogP contribution in [0.1, 0.15) is 0 Å². The molecule has 4 N–H and O–H groups in total. The predicted molar refractivity (Wildman–Crippen MR) is 74.9 cm³/mol. The van der Waals surface area contributed by atoms with Crippen LogP contribution in [0.25, 0.3) is 0 Å². The second kappa shape index (κ2) is 5.39. The lowest BCUT2D eigenvalue weighted by atomic mass is 10.2. The Bertz CT molecular complexity index is 533. The molecular weight excluding hydrogens is 244 g/mol. The van der Waals surface area contributed by atoms with Crippen LogP contribution >= 0.6 is 0 Å². The van der Waals surface area contributed by atoms with Crippen molar-refractivity contribution in [2.75, 3.05) is 25.7 Å². The maximum absolute atomic E-state index is 5.77. The number of methoxy groups -OCH3 is 2. The van der Waals surface area contributed by atoms with E-state index in [-0.39, 0.29) is 0 Å². The third-order valence-electron chi connectivity index (χ3n) is 2.60. The second-order valence-corrected chi connectivity index (χ2v) is 3.92. The van der Waals surface area contributed by atoms with Crippen molar-refractivity contribution in [1.82, 2.24) is 0 Å². The summed E-state index contributed by atoms with van der Waals surface area (Å²) in [6.07, 6.45) is 0. The molecule has 100 valence electrons. The van der Waals surface area contributed by atoms with Crippen molar-refractivity contribution in [3.05, 3.63) is 36.4 Å². The molecule has 0 heterocycles. The lowest BCUT2D eigenvalue weighted by Crippen LogP contribution is -1.95. The van der Waals surface area contributed by atoms with Crippen molar-refractivity contribution >= 4 is 11.4 Å². The summed E-state index contributed by atoms with van der Waals surface area (Å²) in [5.41, 5.74) is 12.6. The molecule has 19 heavy (non-hydrogen) atoms. The van der Waals surface area contributed by atoms with E-state index in [0.29, 0.717) is 34.4 Å². The third kappa shape index (κ3) is 2.82. The van der Waals surface area contributed by atoms with E-state index in [1.54, 1.807) is 50.6 Å². The highest BCUT2D eigenvalue weighted by atomic mass is 16.5. The summed E-state index contributed by atoms with van der Waals surface area (Å²) in [5, 5.41) is 0. The Labute approximate surface area is 111 Å². The van der Waals surface area contributed by atoms with Crippen LogP contribution in [-0.4, -0.2) is 14.2 Å². The molecule has 0 aliphatic rings. The molecule has 0 radical (unpaired) electrons. The molecule has 2 aromatic rings. The molecule has 0 unspecified atom stereocenters. The molecule has 0 amide bonds. The average Bonchev–Trinajstić information content (AvgIpc) is 2.42. The van der Waals surface area contributed by atoms with Gasteiger partial charge in [0.05, 0.1) is 14.2 Å². The zero-order chi connectivity index (χ0) is 13.8. The van der Waals surface area contributed by atoms with E-state index in [1.165, 1.54) is 0 Å². The maximum Gasteiger partial charge on any atom is 0.169 e. The van der Waals surface area contributed by atoms with Crippen molar-refractivity contribution in [2.24, 2.45) is 0 Å². The predicted octanol–water partition coefficient (Wildman–Crippen LogP) is 2.66. The van der Waals surface area contributed by atoms with Gasteiger partial charge in [-0.3, -0.25) is 0 Å². The number of benzene rings is 2. The van der Waals surface area contributed by atoms with Crippen molar-refractivity contribution in [1.29, 1.82) is 0 Å². The minimum Gasteiger partial charge on any atom is -0.493 e. The summed E-state index contributed by atoms with van der Waals surface area (Å²) in [6, 6.07) is 10.3. The summed E-state index contributed by atoms with van der Waals surface area (Å²) in [4.78, 5) is 0. The van der Waals surface area contributed by atoms with Crippen LogP contribution in [0.3, 0.4) is 0 Å². The first-order valence-corrected chi connectivity index (χ1v) is 5.69. The van der Waals surface area contributed by atoms with E-state index in [0.717, 1.165) is 0 Å². The Kier molecular flexibility index (Phi) is 3.66. The summed E-state index contributed by atoms with van der Waals surface area (Å²) in [7, 11) is 3.11. The number of nitrogens with two attached hydrogens (primary N) is 2. The number of anilines is 2. The van der Waals surface area contributed by atoms with Gasteiger partial charge in [-0.05, 0) is 24.3 Å². The first-order valence-electron chi connectivity index (χ1n) is 5.69. The fourth-order valence-corrected chi connectivity index (χ4v) is 1.66. The highest BCUT2D eigenvalue weighted by Gasteiger charge is 2.10. The van der Waals surface area contributed by atoms with Gasteiger partial charge in [0.15, 0.2) is 23.0 Å². The summed E-state index contributed by atoms with van der Waals surface area (Å²) in [5.74, 6) is 2.22. The summed E-state index contributed by atoms with van der Waals surface area (Å²) < 4.78 is 16.2. The molecule has 0 aliphatic heterocycles. The molecule has 0 aliphatic carbocycles. The fourth-order valence-electron chi connectivity index (χ4n) is 1.66. The Balaban J connectivity index is 2.36. The highest BCUT2D eigenvalue weighted by molar-refractivity contribution is 5.56. The molecular formula is C14H16N2O3. The second-order valence-electron chi connectivity index (χ2n) is 3.92. The van der Waals surface area contributed by atoms with Crippen molar-refractivity contribution in [3.63, 3.8) is 0 Å². The minimum absolute atomic E-state index is 0.555. The monoisotopic (exact) mass is 260 g/mol. The van der Waals surface area contributed by atoms with Crippen molar-refractivity contribution < 1.29 is 14.2 Å². The van der Waals surface area contributed by atoms with Crippen LogP contribution in [0.15, 0.2) is 36.4 Å². The van der Waals surface area contributed by atoms with Crippen LogP contribution in [0, 0.1) is 0 Å². The quantitative estimate of drug-likeness (QED) is 0.826. The molecule has 0 spiro atoms. The van der Waals surface area contributed by atoms with Crippen molar-refractivity contribution in [3.8, 4) is 23.0 Å². The van der Waals surface area contributed by atoms with E-state index in [4.69, 9.17) is 25.7 Å². The van der Waals surface area contributed by atoms with E-state index < -0.39 is 0 Å². The van der Waals surface area contributed by atoms with Gasteiger partial charge in [-0.1, -0.05) is 0 Å². The van der Waals surface area contributed by atoms with Gasteiger partial charge in [0.2, 0.25) is 0 Å². The first-order chi connectivity index (χ1) is 9.13. The van der Waals surface area contributed by atoms with Gasteiger partial charge < -0.3 is 25.7 Å². The number of hydrogen-bond donors (Lipinski definition) is 2. The van der Waals surface area contributed by atoms with E-state index in [2.05, 4.69) is 0 Å². The van der Waals surface area contributed by atoms with Crippen molar-refractivity contribution in [2.45, 2.75) is 0 Å². The van der Waals surface area contributed by atoms with Crippen LogP contribution in [0.2, 0.25) is 0 Å². The smallest absolute Gasteiger partial charge is 0.169 e. The Morgan fingerprint density at radius 1 is 0.684 bits per heavy atom. The molecule has 0 bridgehead atoms. The standard InChI is InChI=1S/C14H16N2O3/c1-17-13-7-9(15)3-5-11(13)19-12-6-4-10(16)8-14(12)18-2/h3-8H,15-16H2,1-2H3. The van der Waals surface area contributed by atoms with Gasteiger partial charge in [-0.2, -0.15) is 0 Å². The van der Waals surface area contributed by atoms with E-state index in [9.17, 15) is 0 Å². The lowest BCUT2D eigenvalue weighted by Gasteiger charge is -2.13. The number of rotatable bonds is 4. The fraction of sp³-hybridized carbons (Fsp3) is 0.143. The summed E-state index contributed by atoms with van der Waals surface area (Å²) >= 11 is 0. The molecule has 0 saturated heterocycles. The van der Waals surface area contributed by atoms with Gasteiger partial charge in [0.1, 0.15) is 0 Å². The molecule has 2 aromatic carbocycles. The number of ether oxygens (including phenoxy) is 3. The van der Waals surface area contributed by atoms with Crippen LogP contribution in [0.4, 0.5) is 11.4 Å². The zero-order valence-corrected chi connectivity index (χ0v) is 10.8. The van der Waals surface area contributed by atoms with Gasteiger partial charge in [0, 0.05) is 23.5 Å². The van der Waals surface area contributed by atoms with Crippen LogP contribution < -0.4 is 25.7 Å². The molecule has 0 aromatic heterocycles. The first kappa shape index (κ1) is 12.9. The van der Waals surface area contributed by atoms with Gasteiger partial charge >= 0.3 is 0 Å². The Morgan fingerprint density at radius 2 is 1.11 bits per heavy atom. The SMILES string of the molecule is COc1cc(N)ccc1Oc1ccc(N)cc1OC. The molecule has 5 nitrogen and oxygen atoms in total. The van der Waals surface area contributed by atoms with Crippen LogP contribution in [0.5, 0.6) is 23.0 Å². The molecule has 0 fully saturated rings. The maximum atomic E-state index is 5.77. The third-order valence-corrected chi connectivity index (χ3v) is 2.60. The van der Waals surface area contributed by atoms with Crippen LogP contribution in [-0.2, 0) is 0 Å². The molecule has 5 heteroatoms. The Morgan fingerprint density at radius 3 is 1.47 bits per heavy atom. The average molecular weight is 260 g/mol. The molecule has 0 atom stereocenters. The minimum atomic E-state index is 0.555. The molecule has 2 rings (SSSR count).